The number of hydrogen-bond donors (Lipinski definition) is 1. The first-order chi connectivity index (χ1) is 13.3. The Bertz CT molecular complexity index is 941. The molecule has 0 unspecified atom stereocenters. The summed E-state index contributed by atoms with van der Waals surface area (Å²) in [6.07, 6.45) is 5.41. The number of piperazine rings is 1. The van der Waals surface area contributed by atoms with Crippen molar-refractivity contribution in [2.45, 2.75) is 6.04 Å². The van der Waals surface area contributed by atoms with Crippen molar-refractivity contribution >= 4 is 22.8 Å². The first kappa shape index (κ1) is 16.3. The topological polar surface area (TPSA) is 68.4 Å². The quantitative estimate of drug-likeness (QED) is 0.767. The maximum atomic E-state index is 12.8. The summed E-state index contributed by atoms with van der Waals surface area (Å²) in [5.41, 5.74) is 1.78. The van der Waals surface area contributed by atoms with Crippen molar-refractivity contribution in [3.63, 3.8) is 0 Å². The second-order valence-corrected chi connectivity index (χ2v) is 7.18. The van der Waals surface area contributed by atoms with Gasteiger partial charge in [0.15, 0.2) is 0 Å². The van der Waals surface area contributed by atoms with Gasteiger partial charge in [-0.3, -0.25) is 9.69 Å². The highest BCUT2D eigenvalue weighted by Gasteiger charge is 2.37. The van der Waals surface area contributed by atoms with Crippen molar-refractivity contribution in [2.75, 3.05) is 44.2 Å². The first-order valence-electron chi connectivity index (χ1n) is 9.41. The number of nitrogens with one attached hydrogen (secondary N) is 1. The molecule has 2 aromatic heterocycles. The van der Waals surface area contributed by atoms with Crippen LogP contribution in [0.4, 0.5) is 5.95 Å². The number of fused-ring (bicyclic) bond motifs is 1. The predicted octanol–water partition coefficient (Wildman–Crippen LogP) is 1.60. The molecule has 1 aromatic carbocycles. The third-order valence-corrected chi connectivity index (χ3v) is 5.63. The molecule has 4 heterocycles. The monoisotopic (exact) mass is 362 g/mol. The number of H-pyrrole nitrogens is 1. The maximum absolute atomic E-state index is 12.8. The molecule has 27 heavy (non-hydrogen) atoms. The summed E-state index contributed by atoms with van der Waals surface area (Å²) in [6.45, 7) is 5.43. The van der Waals surface area contributed by atoms with Gasteiger partial charge in [-0.2, -0.15) is 0 Å². The van der Waals surface area contributed by atoms with Gasteiger partial charge >= 0.3 is 0 Å². The number of nitrogens with zero attached hydrogens (tertiary/aromatic N) is 5. The summed E-state index contributed by atoms with van der Waals surface area (Å²) >= 11 is 0. The highest BCUT2D eigenvalue weighted by molar-refractivity contribution is 6.07. The fourth-order valence-corrected chi connectivity index (χ4v) is 4.01. The van der Waals surface area contributed by atoms with Gasteiger partial charge in [-0.15, -0.1) is 0 Å². The molecule has 0 bridgehead atoms. The number of likely N-dealkylation sites (tertiary alicyclic amines) is 1. The zero-order chi connectivity index (χ0) is 18.2. The van der Waals surface area contributed by atoms with Crippen LogP contribution >= 0.6 is 0 Å². The van der Waals surface area contributed by atoms with Crippen LogP contribution in [0.2, 0.25) is 0 Å². The lowest BCUT2D eigenvalue weighted by molar-refractivity contribution is 0.0247. The maximum Gasteiger partial charge on any atom is 0.256 e. The number of benzene rings is 1. The average molecular weight is 362 g/mol. The van der Waals surface area contributed by atoms with E-state index in [-0.39, 0.29) is 5.91 Å². The second kappa shape index (κ2) is 6.66. The van der Waals surface area contributed by atoms with Crippen molar-refractivity contribution in [3.8, 4) is 0 Å². The van der Waals surface area contributed by atoms with E-state index >= 15 is 0 Å². The minimum Gasteiger partial charge on any atom is -0.360 e. The van der Waals surface area contributed by atoms with E-state index in [0.717, 1.165) is 61.7 Å². The largest absolute Gasteiger partial charge is 0.360 e. The average Bonchev–Trinajstić information content (AvgIpc) is 3.12. The molecular weight excluding hydrogens is 340 g/mol. The fourth-order valence-electron chi connectivity index (χ4n) is 4.01. The molecule has 0 spiro atoms. The number of aromatic amines is 1. The molecule has 0 aliphatic carbocycles. The van der Waals surface area contributed by atoms with Crippen LogP contribution in [-0.4, -0.2) is 76.0 Å². The van der Waals surface area contributed by atoms with Crippen LogP contribution in [0.25, 0.3) is 10.9 Å². The molecule has 1 amide bonds. The minimum absolute atomic E-state index is 0.125. The smallest absolute Gasteiger partial charge is 0.256 e. The molecule has 3 aromatic rings. The number of amides is 1. The van der Waals surface area contributed by atoms with Crippen LogP contribution in [-0.2, 0) is 0 Å². The number of rotatable bonds is 3. The van der Waals surface area contributed by atoms with Crippen LogP contribution in [0.5, 0.6) is 0 Å². The Labute approximate surface area is 157 Å². The fraction of sp³-hybridized carbons (Fsp3) is 0.350. The van der Waals surface area contributed by atoms with E-state index in [9.17, 15) is 4.79 Å². The van der Waals surface area contributed by atoms with Crippen LogP contribution < -0.4 is 4.90 Å². The van der Waals surface area contributed by atoms with E-state index in [4.69, 9.17) is 0 Å². The molecule has 2 fully saturated rings. The number of para-hydroxylation sites is 1. The van der Waals surface area contributed by atoms with E-state index < -0.39 is 0 Å². The normalized spacial score (nSPS) is 18.7. The van der Waals surface area contributed by atoms with Gasteiger partial charge in [-0.25, -0.2) is 9.97 Å². The van der Waals surface area contributed by atoms with E-state index in [1.165, 1.54) is 0 Å². The molecular formula is C20H22N6O. The predicted molar refractivity (Wildman–Crippen MR) is 104 cm³/mol. The van der Waals surface area contributed by atoms with Crippen LogP contribution in [0.3, 0.4) is 0 Å². The Morgan fingerprint density at radius 2 is 1.74 bits per heavy atom. The van der Waals surface area contributed by atoms with Crippen LogP contribution in [0.15, 0.2) is 48.9 Å². The summed E-state index contributed by atoms with van der Waals surface area (Å²) in [7, 11) is 0. The van der Waals surface area contributed by atoms with E-state index in [0.29, 0.717) is 6.04 Å². The van der Waals surface area contributed by atoms with Gasteiger partial charge in [0.25, 0.3) is 5.91 Å². The molecule has 7 nitrogen and oxygen atoms in total. The highest BCUT2D eigenvalue weighted by Crippen LogP contribution is 2.24. The molecule has 2 aliphatic heterocycles. The van der Waals surface area contributed by atoms with Gasteiger partial charge < -0.3 is 14.8 Å². The van der Waals surface area contributed by atoms with Gasteiger partial charge in [-0.05, 0) is 12.1 Å². The highest BCUT2D eigenvalue weighted by atomic mass is 16.2. The number of carbonyl (C=O) groups is 1. The Kier molecular flexibility index (Phi) is 4.01. The molecule has 5 rings (SSSR count). The van der Waals surface area contributed by atoms with E-state index in [1.807, 2.05) is 41.4 Å². The lowest BCUT2D eigenvalue weighted by Crippen LogP contribution is -2.64. The summed E-state index contributed by atoms with van der Waals surface area (Å²) in [4.78, 5) is 31.4. The summed E-state index contributed by atoms with van der Waals surface area (Å²) in [6, 6.07) is 10.3. The van der Waals surface area contributed by atoms with Crippen molar-refractivity contribution in [2.24, 2.45) is 0 Å². The molecule has 0 atom stereocenters. The zero-order valence-corrected chi connectivity index (χ0v) is 15.1. The molecule has 2 saturated heterocycles. The second-order valence-electron chi connectivity index (χ2n) is 7.18. The number of anilines is 1. The van der Waals surface area contributed by atoms with Gasteiger partial charge in [0.2, 0.25) is 5.95 Å². The lowest BCUT2D eigenvalue weighted by atomic mass is 10.0. The Morgan fingerprint density at radius 1 is 1.00 bits per heavy atom. The first-order valence-corrected chi connectivity index (χ1v) is 9.41. The van der Waals surface area contributed by atoms with Crippen LogP contribution in [0, 0.1) is 0 Å². The van der Waals surface area contributed by atoms with Gasteiger partial charge in [0.05, 0.1) is 5.56 Å². The molecule has 1 N–H and O–H groups in total. The number of carbonyl (C=O) groups excluding carboxylic acids is 1. The van der Waals surface area contributed by atoms with E-state index in [1.54, 1.807) is 12.4 Å². The third-order valence-electron chi connectivity index (χ3n) is 5.63. The third kappa shape index (κ3) is 2.94. The Morgan fingerprint density at radius 3 is 2.52 bits per heavy atom. The zero-order valence-electron chi connectivity index (χ0n) is 15.1. The molecule has 0 saturated carbocycles. The number of aromatic nitrogens is 3. The molecule has 0 radical (unpaired) electrons. The molecule has 2 aliphatic rings. The van der Waals surface area contributed by atoms with E-state index in [2.05, 4.69) is 24.8 Å². The Hall–Kier alpha value is -2.93. The summed E-state index contributed by atoms with van der Waals surface area (Å²) < 4.78 is 0. The van der Waals surface area contributed by atoms with Crippen molar-refractivity contribution in [1.82, 2.24) is 24.8 Å². The van der Waals surface area contributed by atoms with Crippen molar-refractivity contribution in [3.05, 3.63) is 54.5 Å². The summed E-state index contributed by atoms with van der Waals surface area (Å²) in [5.74, 6) is 0.932. The van der Waals surface area contributed by atoms with Gasteiger partial charge in [-0.1, -0.05) is 18.2 Å². The van der Waals surface area contributed by atoms with Gasteiger partial charge in [0, 0.05) is 74.8 Å². The number of hydrogen-bond acceptors (Lipinski definition) is 5. The SMILES string of the molecule is O=C(c1c[nH]c2ccccc12)N1CC(N2CCN(c3ncccn3)CC2)C1. The molecule has 138 valence electrons. The van der Waals surface area contributed by atoms with Crippen molar-refractivity contribution in [1.29, 1.82) is 0 Å². The minimum atomic E-state index is 0.125. The standard InChI is InChI=1S/C20H22N6O/c27-19(17-12-23-18-5-2-1-4-16(17)18)26-13-15(14-26)24-8-10-25(11-9-24)20-21-6-3-7-22-20/h1-7,12,15,23H,8-11,13-14H2. The van der Waals surface area contributed by atoms with Gasteiger partial charge in [0.1, 0.15) is 0 Å². The van der Waals surface area contributed by atoms with Crippen LogP contribution in [0.1, 0.15) is 10.4 Å². The Balaban J connectivity index is 1.17. The molecule has 7 heteroatoms. The summed E-state index contributed by atoms with van der Waals surface area (Å²) in [5, 5.41) is 1.00. The lowest BCUT2D eigenvalue weighted by Gasteiger charge is -2.48. The van der Waals surface area contributed by atoms with Crippen molar-refractivity contribution < 1.29 is 4.79 Å².